The highest BCUT2D eigenvalue weighted by atomic mass is 35.5. The van der Waals surface area contributed by atoms with Crippen LogP contribution in [0.1, 0.15) is 25.0 Å². The van der Waals surface area contributed by atoms with Crippen molar-refractivity contribution in [1.29, 1.82) is 0 Å². The number of thiazole rings is 1. The fourth-order valence-electron chi connectivity index (χ4n) is 2.29. The number of nitrogens with zero attached hydrogens (tertiary/aromatic N) is 2. The highest BCUT2D eigenvalue weighted by molar-refractivity contribution is 7.14. The average Bonchev–Trinajstić information content (AvgIpc) is 3.06. The smallest absolute Gasteiger partial charge is 0.203 e. The summed E-state index contributed by atoms with van der Waals surface area (Å²) in [5, 5.41) is 7.56. The third-order valence-electron chi connectivity index (χ3n) is 3.54. The summed E-state index contributed by atoms with van der Waals surface area (Å²) in [6.07, 6.45) is 1.79. The zero-order chi connectivity index (χ0) is 18.5. The number of nitrogens with one attached hydrogen (secondary N) is 1. The summed E-state index contributed by atoms with van der Waals surface area (Å²) in [7, 11) is 0. The predicted octanol–water partition coefficient (Wildman–Crippen LogP) is 6.01. The van der Waals surface area contributed by atoms with Crippen molar-refractivity contribution in [3.05, 3.63) is 64.0 Å². The number of anilines is 1. The summed E-state index contributed by atoms with van der Waals surface area (Å²) >= 11 is 7.75. The normalized spacial score (nSPS) is 11.3. The highest BCUT2D eigenvalue weighted by Crippen LogP contribution is 2.27. The van der Waals surface area contributed by atoms with Crippen LogP contribution in [0, 0.1) is 6.92 Å². The lowest BCUT2D eigenvalue weighted by molar-refractivity contribution is 0.242. The molecule has 0 unspecified atom stereocenters. The van der Waals surface area contributed by atoms with Gasteiger partial charge in [-0.1, -0.05) is 41.4 Å². The molecular weight excluding hydrogens is 366 g/mol. The summed E-state index contributed by atoms with van der Waals surface area (Å²) < 4.78 is 5.63. The Labute approximate surface area is 162 Å². The van der Waals surface area contributed by atoms with Crippen LogP contribution in [0.5, 0.6) is 5.75 Å². The Balaban J connectivity index is 1.64. The van der Waals surface area contributed by atoms with Gasteiger partial charge in [0, 0.05) is 10.9 Å². The largest absolute Gasteiger partial charge is 0.489 e. The molecule has 1 N–H and O–H groups in total. The van der Waals surface area contributed by atoms with Gasteiger partial charge in [-0.05, 0) is 44.5 Å². The van der Waals surface area contributed by atoms with Crippen molar-refractivity contribution in [1.82, 2.24) is 4.98 Å². The van der Waals surface area contributed by atoms with Crippen LogP contribution in [0.15, 0.2) is 52.9 Å². The number of ether oxygens (including phenoxy) is 1. The van der Waals surface area contributed by atoms with Crippen molar-refractivity contribution < 1.29 is 4.74 Å². The first-order valence-corrected chi connectivity index (χ1v) is 9.55. The topological polar surface area (TPSA) is 46.5 Å². The quantitative estimate of drug-likeness (QED) is 0.417. The monoisotopic (exact) mass is 385 g/mol. The number of aryl methyl sites for hydroxylation is 1. The van der Waals surface area contributed by atoms with Crippen LogP contribution >= 0.6 is 22.9 Å². The molecule has 0 saturated heterocycles. The van der Waals surface area contributed by atoms with E-state index < -0.39 is 0 Å². The van der Waals surface area contributed by atoms with Gasteiger partial charge in [0.1, 0.15) is 5.75 Å². The second kappa shape index (κ2) is 8.34. The van der Waals surface area contributed by atoms with Gasteiger partial charge < -0.3 is 4.74 Å². The molecule has 1 heterocycles. The van der Waals surface area contributed by atoms with Crippen molar-refractivity contribution in [2.24, 2.45) is 5.10 Å². The minimum Gasteiger partial charge on any atom is -0.489 e. The molecule has 26 heavy (non-hydrogen) atoms. The summed E-state index contributed by atoms with van der Waals surface area (Å²) in [5.74, 6) is 0.675. The number of benzene rings is 2. The molecule has 0 bridgehead atoms. The standard InChI is InChI=1S/C20H20ClN3OS/c1-13(2)25-19-9-6-15(10-17(19)21)11-22-24-20-23-18(12-26-20)16-7-4-14(3)5-8-16/h4-13H,1-3H3,(H,23,24)/b22-11-. The Morgan fingerprint density at radius 1 is 1.19 bits per heavy atom. The van der Waals surface area contributed by atoms with Crippen LogP contribution in [0.4, 0.5) is 5.13 Å². The minimum atomic E-state index is 0.0845. The SMILES string of the molecule is Cc1ccc(-c2csc(N/N=C\c3ccc(OC(C)C)c(Cl)c3)n2)cc1. The van der Waals surface area contributed by atoms with E-state index in [-0.39, 0.29) is 6.10 Å². The zero-order valence-electron chi connectivity index (χ0n) is 14.9. The lowest BCUT2D eigenvalue weighted by atomic mass is 10.1. The number of halogens is 1. The molecule has 0 aliphatic carbocycles. The van der Waals surface area contributed by atoms with Gasteiger partial charge in [-0.2, -0.15) is 5.10 Å². The molecule has 6 heteroatoms. The molecule has 0 amide bonds. The fraction of sp³-hybridized carbons (Fsp3) is 0.200. The molecule has 3 aromatic rings. The van der Waals surface area contributed by atoms with E-state index in [9.17, 15) is 0 Å². The van der Waals surface area contributed by atoms with Gasteiger partial charge >= 0.3 is 0 Å². The van der Waals surface area contributed by atoms with E-state index >= 15 is 0 Å². The molecule has 0 saturated carbocycles. The van der Waals surface area contributed by atoms with Crippen LogP contribution in [0.25, 0.3) is 11.3 Å². The molecule has 0 radical (unpaired) electrons. The van der Waals surface area contributed by atoms with Gasteiger partial charge in [0.25, 0.3) is 0 Å². The molecule has 3 rings (SSSR count). The fourth-order valence-corrected chi connectivity index (χ4v) is 3.19. The Morgan fingerprint density at radius 3 is 2.65 bits per heavy atom. The molecule has 0 aliphatic rings. The van der Waals surface area contributed by atoms with Gasteiger partial charge in [-0.25, -0.2) is 4.98 Å². The van der Waals surface area contributed by atoms with Gasteiger partial charge in [0.15, 0.2) is 0 Å². The molecule has 0 atom stereocenters. The van der Waals surface area contributed by atoms with Crippen LogP contribution in [-0.4, -0.2) is 17.3 Å². The van der Waals surface area contributed by atoms with E-state index in [1.807, 2.05) is 37.4 Å². The van der Waals surface area contributed by atoms with Crippen LogP contribution in [0.2, 0.25) is 5.02 Å². The molecule has 2 aromatic carbocycles. The molecule has 134 valence electrons. The van der Waals surface area contributed by atoms with E-state index in [0.29, 0.717) is 10.8 Å². The van der Waals surface area contributed by atoms with E-state index in [1.165, 1.54) is 16.9 Å². The Hall–Kier alpha value is -2.37. The predicted molar refractivity (Wildman–Crippen MR) is 111 cm³/mol. The summed E-state index contributed by atoms with van der Waals surface area (Å²) in [6, 6.07) is 13.9. The maximum atomic E-state index is 6.23. The van der Waals surface area contributed by atoms with E-state index in [2.05, 4.69) is 46.7 Å². The third-order valence-corrected chi connectivity index (χ3v) is 4.59. The first kappa shape index (κ1) is 18.4. The van der Waals surface area contributed by atoms with Crippen molar-refractivity contribution >= 4 is 34.3 Å². The molecule has 1 aromatic heterocycles. The molecule has 0 aliphatic heterocycles. The molecule has 0 spiro atoms. The zero-order valence-corrected chi connectivity index (χ0v) is 16.4. The number of hydrazone groups is 1. The van der Waals surface area contributed by atoms with E-state index in [1.54, 1.807) is 6.21 Å². The van der Waals surface area contributed by atoms with E-state index in [4.69, 9.17) is 16.3 Å². The molecular formula is C20H20ClN3OS. The summed E-state index contributed by atoms with van der Waals surface area (Å²) in [4.78, 5) is 4.55. The number of hydrogen-bond acceptors (Lipinski definition) is 5. The average molecular weight is 386 g/mol. The molecule has 4 nitrogen and oxygen atoms in total. The van der Waals surface area contributed by atoms with Gasteiger partial charge in [-0.15, -0.1) is 11.3 Å². The molecule has 0 fully saturated rings. The number of rotatable bonds is 6. The summed E-state index contributed by atoms with van der Waals surface area (Å²) in [6.45, 7) is 6.00. The first-order valence-electron chi connectivity index (χ1n) is 8.29. The van der Waals surface area contributed by atoms with Crippen LogP contribution < -0.4 is 10.2 Å². The second-order valence-electron chi connectivity index (χ2n) is 6.13. The maximum absolute atomic E-state index is 6.23. The number of hydrogen-bond donors (Lipinski definition) is 1. The maximum Gasteiger partial charge on any atom is 0.203 e. The van der Waals surface area contributed by atoms with Crippen molar-refractivity contribution in [2.75, 3.05) is 5.43 Å². The Bertz CT molecular complexity index is 904. The lowest BCUT2D eigenvalue weighted by Gasteiger charge is -2.11. The van der Waals surface area contributed by atoms with Gasteiger partial charge in [0.2, 0.25) is 5.13 Å². The Morgan fingerprint density at radius 2 is 1.96 bits per heavy atom. The van der Waals surface area contributed by atoms with Crippen molar-refractivity contribution in [3.63, 3.8) is 0 Å². The Kier molecular flexibility index (Phi) is 5.91. The lowest BCUT2D eigenvalue weighted by Crippen LogP contribution is -2.05. The van der Waals surface area contributed by atoms with Crippen molar-refractivity contribution in [2.45, 2.75) is 26.9 Å². The van der Waals surface area contributed by atoms with E-state index in [0.717, 1.165) is 22.0 Å². The van der Waals surface area contributed by atoms with Crippen molar-refractivity contribution in [3.8, 4) is 17.0 Å². The highest BCUT2D eigenvalue weighted by Gasteiger charge is 2.05. The second-order valence-corrected chi connectivity index (χ2v) is 7.40. The first-order chi connectivity index (χ1) is 12.5. The van der Waals surface area contributed by atoms with Gasteiger partial charge in [-0.3, -0.25) is 5.43 Å². The van der Waals surface area contributed by atoms with Crippen LogP contribution in [-0.2, 0) is 0 Å². The van der Waals surface area contributed by atoms with Crippen LogP contribution in [0.3, 0.4) is 0 Å². The number of aromatic nitrogens is 1. The third kappa shape index (κ3) is 4.84. The minimum absolute atomic E-state index is 0.0845. The van der Waals surface area contributed by atoms with Gasteiger partial charge in [0.05, 0.1) is 23.0 Å². The summed E-state index contributed by atoms with van der Waals surface area (Å²) in [5.41, 5.74) is 7.11.